The Morgan fingerprint density at radius 2 is 2.17 bits per heavy atom. The third-order valence-corrected chi connectivity index (χ3v) is 2.13. The zero-order chi connectivity index (χ0) is 9.23. The zero-order valence-electron chi connectivity index (χ0n) is 7.97. The number of ether oxygens (including phenoxy) is 1. The molecule has 3 heteroatoms. The Labute approximate surface area is 79.1 Å². The molecule has 0 rings (SSSR count). The topological polar surface area (TPSA) is 26.3 Å². The Kier molecular flexibility index (Phi) is 8.78. The molecule has 0 heterocycles. The fraction of sp³-hybridized carbons (Fsp3) is 0.889. The van der Waals surface area contributed by atoms with Gasteiger partial charge in [-0.2, -0.15) is 11.8 Å². The fourth-order valence-corrected chi connectivity index (χ4v) is 1.17. The van der Waals surface area contributed by atoms with Crippen molar-refractivity contribution >= 4 is 17.7 Å². The van der Waals surface area contributed by atoms with E-state index >= 15 is 0 Å². The minimum Gasteiger partial charge on any atom is -0.466 e. The highest BCUT2D eigenvalue weighted by Gasteiger charge is 2.00. The molecular formula is C9H18O2S. The van der Waals surface area contributed by atoms with Crippen LogP contribution in [0.15, 0.2) is 0 Å². The molecule has 0 aliphatic rings. The molecule has 0 aromatic carbocycles. The van der Waals surface area contributed by atoms with Gasteiger partial charge in [-0.1, -0.05) is 19.8 Å². The van der Waals surface area contributed by atoms with Crippen molar-refractivity contribution in [3.8, 4) is 0 Å². The summed E-state index contributed by atoms with van der Waals surface area (Å²) in [5.41, 5.74) is 0. The average molecular weight is 190 g/mol. The van der Waals surface area contributed by atoms with Crippen molar-refractivity contribution in [2.24, 2.45) is 0 Å². The summed E-state index contributed by atoms with van der Waals surface area (Å²) in [7, 11) is 0. The standard InChI is InChI=1S/C9H18O2S/c1-3-4-5-7-11-9(10)6-8-12-2/h3-8H2,1-2H3. The molecule has 0 radical (unpaired) electrons. The van der Waals surface area contributed by atoms with Crippen molar-refractivity contribution in [2.45, 2.75) is 32.6 Å². The second kappa shape index (κ2) is 8.91. The van der Waals surface area contributed by atoms with E-state index in [-0.39, 0.29) is 5.97 Å². The van der Waals surface area contributed by atoms with Gasteiger partial charge in [-0.25, -0.2) is 0 Å². The molecule has 0 bridgehead atoms. The van der Waals surface area contributed by atoms with E-state index in [0.29, 0.717) is 13.0 Å². The van der Waals surface area contributed by atoms with Gasteiger partial charge in [-0.05, 0) is 12.7 Å². The summed E-state index contributed by atoms with van der Waals surface area (Å²) in [6, 6.07) is 0. The van der Waals surface area contributed by atoms with Crippen molar-refractivity contribution in [2.75, 3.05) is 18.6 Å². The molecule has 0 atom stereocenters. The number of thioether (sulfide) groups is 1. The van der Waals surface area contributed by atoms with E-state index in [0.717, 1.165) is 18.6 Å². The van der Waals surface area contributed by atoms with Gasteiger partial charge in [0.25, 0.3) is 0 Å². The number of hydrogen-bond donors (Lipinski definition) is 0. The lowest BCUT2D eigenvalue weighted by Gasteiger charge is -2.02. The van der Waals surface area contributed by atoms with Crippen LogP contribution >= 0.6 is 11.8 Å². The molecule has 0 unspecified atom stereocenters. The first-order valence-electron chi connectivity index (χ1n) is 4.45. The quantitative estimate of drug-likeness (QED) is 0.455. The lowest BCUT2D eigenvalue weighted by atomic mass is 10.3. The summed E-state index contributed by atoms with van der Waals surface area (Å²) >= 11 is 1.67. The van der Waals surface area contributed by atoms with E-state index < -0.39 is 0 Å². The van der Waals surface area contributed by atoms with Crippen LogP contribution in [-0.2, 0) is 9.53 Å². The predicted molar refractivity (Wildman–Crippen MR) is 53.5 cm³/mol. The maximum absolute atomic E-state index is 10.9. The van der Waals surface area contributed by atoms with Crippen LogP contribution in [0.2, 0.25) is 0 Å². The van der Waals surface area contributed by atoms with Crippen molar-refractivity contribution in [1.29, 1.82) is 0 Å². The Balaban J connectivity index is 3.08. The number of carbonyl (C=O) groups excluding carboxylic acids is 1. The SMILES string of the molecule is CCCCCOC(=O)CCSC. The number of rotatable bonds is 7. The molecule has 0 spiro atoms. The molecular weight excluding hydrogens is 172 g/mol. The van der Waals surface area contributed by atoms with Gasteiger partial charge in [0.05, 0.1) is 13.0 Å². The second-order valence-corrected chi connectivity index (χ2v) is 3.66. The van der Waals surface area contributed by atoms with Crippen molar-refractivity contribution < 1.29 is 9.53 Å². The van der Waals surface area contributed by atoms with Crippen molar-refractivity contribution in [3.63, 3.8) is 0 Å². The third-order valence-electron chi connectivity index (χ3n) is 1.52. The molecule has 0 aromatic heterocycles. The molecule has 0 aromatic rings. The van der Waals surface area contributed by atoms with E-state index in [2.05, 4.69) is 6.92 Å². The molecule has 0 aliphatic carbocycles. The van der Waals surface area contributed by atoms with Gasteiger partial charge in [-0.15, -0.1) is 0 Å². The van der Waals surface area contributed by atoms with Crippen LogP contribution in [0.1, 0.15) is 32.6 Å². The molecule has 0 saturated carbocycles. The minimum atomic E-state index is -0.0551. The van der Waals surface area contributed by atoms with E-state index in [1.807, 2.05) is 6.26 Å². The maximum atomic E-state index is 10.9. The molecule has 0 amide bonds. The molecule has 0 aliphatic heterocycles. The summed E-state index contributed by atoms with van der Waals surface area (Å²) in [6.45, 7) is 2.73. The van der Waals surface area contributed by atoms with Crippen LogP contribution in [0.25, 0.3) is 0 Å². The molecule has 0 fully saturated rings. The third kappa shape index (κ3) is 7.92. The number of esters is 1. The summed E-state index contributed by atoms with van der Waals surface area (Å²) < 4.78 is 4.99. The van der Waals surface area contributed by atoms with E-state index in [1.54, 1.807) is 11.8 Å². The van der Waals surface area contributed by atoms with Crippen LogP contribution in [0, 0.1) is 0 Å². The van der Waals surface area contributed by atoms with Gasteiger partial charge in [0.1, 0.15) is 0 Å². The largest absolute Gasteiger partial charge is 0.466 e. The molecule has 0 saturated heterocycles. The van der Waals surface area contributed by atoms with E-state index in [4.69, 9.17) is 4.74 Å². The van der Waals surface area contributed by atoms with Crippen LogP contribution in [-0.4, -0.2) is 24.6 Å². The first-order valence-corrected chi connectivity index (χ1v) is 5.85. The number of carbonyl (C=O) groups is 1. The summed E-state index contributed by atoms with van der Waals surface area (Å²) in [6.07, 6.45) is 5.86. The van der Waals surface area contributed by atoms with E-state index in [1.165, 1.54) is 6.42 Å². The van der Waals surface area contributed by atoms with Crippen LogP contribution in [0.4, 0.5) is 0 Å². The first kappa shape index (κ1) is 11.8. The van der Waals surface area contributed by atoms with Crippen LogP contribution in [0.5, 0.6) is 0 Å². The maximum Gasteiger partial charge on any atom is 0.306 e. The normalized spacial score (nSPS) is 9.83. The highest BCUT2D eigenvalue weighted by atomic mass is 32.2. The lowest BCUT2D eigenvalue weighted by molar-refractivity contribution is -0.143. The highest BCUT2D eigenvalue weighted by Crippen LogP contribution is 1.99. The Bertz CT molecular complexity index is 115. The lowest BCUT2D eigenvalue weighted by Crippen LogP contribution is -2.06. The minimum absolute atomic E-state index is 0.0551. The molecule has 12 heavy (non-hydrogen) atoms. The Morgan fingerprint density at radius 1 is 1.42 bits per heavy atom. The summed E-state index contributed by atoms with van der Waals surface area (Å²) in [5.74, 6) is 0.813. The fourth-order valence-electron chi connectivity index (χ4n) is 0.796. The second-order valence-electron chi connectivity index (χ2n) is 2.67. The molecule has 2 nitrogen and oxygen atoms in total. The van der Waals surface area contributed by atoms with Gasteiger partial charge in [0.15, 0.2) is 0 Å². The van der Waals surface area contributed by atoms with Crippen molar-refractivity contribution in [1.82, 2.24) is 0 Å². The van der Waals surface area contributed by atoms with Gasteiger partial charge in [-0.3, -0.25) is 4.79 Å². The van der Waals surface area contributed by atoms with Crippen molar-refractivity contribution in [3.05, 3.63) is 0 Å². The Hall–Kier alpha value is -0.180. The van der Waals surface area contributed by atoms with E-state index in [9.17, 15) is 4.79 Å². The van der Waals surface area contributed by atoms with Crippen LogP contribution in [0.3, 0.4) is 0 Å². The number of hydrogen-bond acceptors (Lipinski definition) is 3. The van der Waals surface area contributed by atoms with Gasteiger partial charge in [0.2, 0.25) is 0 Å². The Morgan fingerprint density at radius 3 is 2.75 bits per heavy atom. The number of unbranched alkanes of at least 4 members (excludes halogenated alkanes) is 2. The molecule has 0 N–H and O–H groups in total. The summed E-state index contributed by atoms with van der Waals surface area (Å²) in [5, 5.41) is 0. The first-order chi connectivity index (χ1) is 5.81. The monoisotopic (exact) mass is 190 g/mol. The van der Waals surface area contributed by atoms with Gasteiger partial charge in [0, 0.05) is 5.75 Å². The summed E-state index contributed by atoms with van der Waals surface area (Å²) in [4.78, 5) is 10.9. The smallest absolute Gasteiger partial charge is 0.306 e. The predicted octanol–water partition coefficient (Wildman–Crippen LogP) is 2.47. The average Bonchev–Trinajstić information content (AvgIpc) is 2.09. The molecule has 72 valence electrons. The zero-order valence-corrected chi connectivity index (χ0v) is 8.78. The van der Waals surface area contributed by atoms with Gasteiger partial charge < -0.3 is 4.74 Å². The highest BCUT2D eigenvalue weighted by molar-refractivity contribution is 7.98. The van der Waals surface area contributed by atoms with Crippen LogP contribution < -0.4 is 0 Å². The van der Waals surface area contributed by atoms with Gasteiger partial charge >= 0.3 is 5.97 Å².